The first-order chi connectivity index (χ1) is 27.3. The second-order valence-electron chi connectivity index (χ2n) is 14.1. The fraction of sp³-hybridized carbons (Fsp3) is 0. The number of hydrogen-bond donors (Lipinski definition) is 0. The van der Waals surface area contributed by atoms with Crippen molar-refractivity contribution in [2.45, 2.75) is 0 Å². The van der Waals surface area contributed by atoms with Crippen LogP contribution in [0.15, 0.2) is 211 Å². The van der Waals surface area contributed by atoms with Crippen LogP contribution in [0.4, 0.5) is 17.1 Å². The Labute approximate surface area is 318 Å². The SMILES string of the molecule is c1ccc(-c2ccc(N(c3ccc(-n4c5ccccc5c5c6c(-c7ccccc7)cccc6ccc54)cc3)c3ccc4c(c3)oc3ccccc34)cc2)cc1. The van der Waals surface area contributed by atoms with Crippen molar-refractivity contribution in [3.8, 4) is 27.9 Å². The largest absolute Gasteiger partial charge is 0.456 e. The highest BCUT2D eigenvalue weighted by Crippen LogP contribution is 2.43. The van der Waals surface area contributed by atoms with Gasteiger partial charge in [0.25, 0.3) is 0 Å². The molecule has 0 fully saturated rings. The van der Waals surface area contributed by atoms with Gasteiger partial charge in [0.2, 0.25) is 0 Å². The summed E-state index contributed by atoms with van der Waals surface area (Å²) in [4.78, 5) is 2.32. The molecule has 2 aromatic heterocycles. The van der Waals surface area contributed by atoms with Crippen LogP contribution in [0.25, 0.3) is 82.5 Å². The second kappa shape index (κ2) is 12.6. The van der Waals surface area contributed by atoms with Crippen LogP contribution in [0.3, 0.4) is 0 Å². The zero-order valence-electron chi connectivity index (χ0n) is 29.9. The van der Waals surface area contributed by atoms with Crippen LogP contribution >= 0.6 is 0 Å². The molecule has 0 atom stereocenters. The minimum Gasteiger partial charge on any atom is -0.456 e. The lowest BCUT2D eigenvalue weighted by Gasteiger charge is -2.26. The van der Waals surface area contributed by atoms with Gasteiger partial charge in [-0.05, 0) is 99.8 Å². The zero-order chi connectivity index (χ0) is 36.3. The molecule has 0 radical (unpaired) electrons. The summed E-state index contributed by atoms with van der Waals surface area (Å²) in [6.07, 6.45) is 0. The molecule has 0 spiro atoms. The topological polar surface area (TPSA) is 21.3 Å². The highest BCUT2D eigenvalue weighted by Gasteiger charge is 2.19. The van der Waals surface area contributed by atoms with Crippen molar-refractivity contribution in [3.05, 3.63) is 206 Å². The van der Waals surface area contributed by atoms with Crippen LogP contribution in [-0.4, -0.2) is 4.57 Å². The Balaban J connectivity index is 1.07. The number of rotatable bonds is 6. The molecule has 9 aromatic carbocycles. The van der Waals surface area contributed by atoms with Gasteiger partial charge in [-0.25, -0.2) is 0 Å². The van der Waals surface area contributed by atoms with E-state index >= 15 is 0 Å². The Bertz CT molecular complexity index is 3180. The van der Waals surface area contributed by atoms with Crippen LogP contribution < -0.4 is 4.90 Å². The van der Waals surface area contributed by atoms with Gasteiger partial charge in [0, 0.05) is 50.4 Å². The monoisotopic (exact) mass is 702 g/mol. The predicted octanol–water partition coefficient (Wildman–Crippen LogP) is 14.6. The van der Waals surface area contributed by atoms with Crippen molar-refractivity contribution in [1.29, 1.82) is 0 Å². The molecule has 0 saturated heterocycles. The van der Waals surface area contributed by atoms with Gasteiger partial charge in [0.05, 0.1) is 11.0 Å². The Morgan fingerprint density at radius 3 is 1.76 bits per heavy atom. The molecule has 0 bridgehead atoms. The van der Waals surface area contributed by atoms with Crippen molar-refractivity contribution in [2.24, 2.45) is 0 Å². The van der Waals surface area contributed by atoms with E-state index in [4.69, 9.17) is 4.42 Å². The summed E-state index contributed by atoms with van der Waals surface area (Å²) in [5, 5.41) is 7.28. The Hall–Kier alpha value is -7.36. The summed E-state index contributed by atoms with van der Waals surface area (Å²) in [5.74, 6) is 0. The maximum Gasteiger partial charge on any atom is 0.137 e. The van der Waals surface area contributed by atoms with E-state index in [-0.39, 0.29) is 0 Å². The first-order valence-corrected chi connectivity index (χ1v) is 18.8. The molecule has 0 saturated carbocycles. The van der Waals surface area contributed by atoms with Gasteiger partial charge in [-0.1, -0.05) is 133 Å². The number of benzene rings is 9. The molecule has 0 N–H and O–H groups in total. The lowest BCUT2D eigenvalue weighted by molar-refractivity contribution is 0.669. The van der Waals surface area contributed by atoms with Crippen molar-refractivity contribution < 1.29 is 4.42 Å². The quantitative estimate of drug-likeness (QED) is 0.172. The van der Waals surface area contributed by atoms with Crippen molar-refractivity contribution >= 4 is 71.6 Å². The summed E-state index contributed by atoms with van der Waals surface area (Å²) in [5.41, 5.74) is 13.3. The molecule has 3 nitrogen and oxygen atoms in total. The van der Waals surface area contributed by atoms with Crippen molar-refractivity contribution in [1.82, 2.24) is 4.57 Å². The minimum atomic E-state index is 0.869. The third-order valence-electron chi connectivity index (χ3n) is 11.0. The second-order valence-corrected chi connectivity index (χ2v) is 14.1. The number of nitrogens with zero attached hydrogens (tertiary/aromatic N) is 2. The van der Waals surface area contributed by atoms with E-state index in [2.05, 4.69) is 204 Å². The number of para-hydroxylation sites is 2. The van der Waals surface area contributed by atoms with Gasteiger partial charge in [0.1, 0.15) is 11.2 Å². The summed E-state index contributed by atoms with van der Waals surface area (Å²) >= 11 is 0. The maximum absolute atomic E-state index is 6.38. The van der Waals surface area contributed by atoms with E-state index in [1.54, 1.807) is 0 Å². The van der Waals surface area contributed by atoms with E-state index < -0.39 is 0 Å². The van der Waals surface area contributed by atoms with Crippen LogP contribution in [-0.2, 0) is 0 Å². The molecule has 2 heterocycles. The summed E-state index contributed by atoms with van der Waals surface area (Å²) in [6.45, 7) is 0. The zero-order valence-corrected chi connectivity index (χ0v) is 29.9. The molecule has 3 heteroatoms. The predicted molar refractivity (Wildman–Crippen MR) is 231 cm³/mol. The van der Waals surface area contributed by atoms with E-state index in [1.165, 1.54) is 54.8 Å². The third-order valence-corrected chi connectivity index (χ3v) is 11.0. The molecule has 258 valence electrons. The maximum atomic E-state index is 6.38. The average molecular weight is 703 g/mol. The molecule has 11 rings (SSSR count). The Morgan fingerprint density at radius 1 is 0.364 bits per heavy atom. The van der Waals surface area contributed by atoms with Gasteiger partial charge >= 0.3 is 0 Å². The molecule has 0 amide bonds. The fourth-order valence-corrected chi connectivity index (χ4v) is 8.46. The number of aromatic nitrogens is 1. The molecule has 0 aliphatic heterocycles. The lowest BCUT2D eigenvalue weighted by Crippen LogP contribution is -2.10. The molecular formula is C52H34N2O. The first kappa shape index (κ1) is 31.2. The normalized spacial score (nSPS) is 11.6. The van der Waals surface area contributed by atoms with E-state index in [9.17, 15) is 0 Å². The summed E-state index contributed by atoms with van der Waals surface area (Å²) < 4.78 is 8.79. The van der Waals surface area contributed by atoms with Crippen LogP contribution in [0, 0.1) is 0 Å². The highest BCUT2D eigenvalue weighted by atomic mass is 16.3. The van der Waals surface area contributed by atoms with Crippen molar-refractivity contribution in [3.63, 3.8) is 0 Å². The lowest BCUT2D eigenvalue weighted by atomic mass is 9.94. The van der Waals surface area contributed by atoms with E-state index in [0.29, 0.717) is 0 Å². The molecule has 0 unspecified atom stereocenters. The van der Waals surface area contributed by atoms with Crippen molar-refractivity contribution in [2.75, 3.05) is 4.90 Å². The van der Waals surface area contributed by atoms with Gasteiger partial charge in [0.15, 0.2) is 0 Å². The number of hydrogen-bond acceptors (Lipinski definition) is 2. The highest BCUT2D eigenvalue weighted by molar-refractivity contribution is 6.25. The summed E-state index contributed by atoms with van der Waals surface area (Å²) in [7, 11) is 0. The van der Waals surface area contributed by atoms with Gasteiger partial charge < -0.3 is 13.9 Å². The fourth-order valence-electron chi connectivity index (χ4n) is 8.46. The van der Waals surface area contributed by atoms with Crippen LogP contribution in [0.1, 0.15) is 0 Å². The first-order valence-electron chi connectivity index (χ1n) is 18.8. The molecule has 0 aliphatic carbocycles. The standard InChI is InChI=1S/C52H34N2O/c1-3-12-35(13-4-1)36-22-25-39(26-23-36)53(42-31-32-45-44-17-8-10-21-49(44)55-50(45)34-42)40-27-29-41(30-28-40)54-47-20-9-7-18-46(47)52-48(54)33-24-38-16-11-19-43(51(38)52)37-14-5-2-6-15-37/h1-34H. The third kappa shape index (κ3) is 5.13. The number of fused-ring (bicyclic) bond motifs is 8. The number of anilines is 3. The minimum absolute atomic E-state index is 0.869. The average Bonchev–Trinajstić information content (AvgIpc) is 3.80. The van der Waals surface area contributed by atoms with Gasteiger partial charge in [-0.2, -0.15) is 0 Å². The summed E-state index contributed by atoms with van der Waals surface area (Å²) in [6, 6.07) is 73.9. The van der Waals surface area contributed by atoms with E-state index in [0.717, 1.165) is 44.7 Å². The molecular weight excluding hydrogens is 669 g/mol. The van der Waals surface area contributed by atoms with Crippen LogP contribution in [0.2, 0.25) is 0 Å². The van der Waals surface area contributed by atoms with Gasteiger partial charge in [-0.3, -0.25) is 0 Å². The van der Waals surface area contributed by atoms with Crippen LogP contribution in [0.5, 0.6) is 0 Å². The molecule has 11 aromatic rings. The number of furan rings is 1. The Kier molecular flexibility index (Phi) is 7.17. The molecule has 55 heavy (non-hydrogen) atoms. The Morgan fingerprint density at radius 2 is 0.982 bits per heavy atom. The molecule has 0 aliphatic rings. The van der Waals surface area contributed by atoms with E-state index in [1.807, 2.05) is 12.1 Å². The smallest absolute Gasteiger partial charge is 0.137 e. The van der Waals surface area contributed by atoms with Gasteiger partial charge in [-0.15, -0.1) is 0 Å².